The first kappa shape index (κ1) is 46.7. The van der Waals surface area contributed by atoms with Crippen LogP contribution in [0.5, 0.6) is 0 Å². The van der Waals surface area contributed by atoms with Gasteiger partial charge in [-0.3, -0.25) is 14.1 Å². The average Bonchev–Trinajstić information content (AvgIpc) is 2.81. The third-order valence-electron chi connectivity index (χ3n) is 6.34. The van der Waals surface area contributed by atoms with Crippen LogP contribution in [0.15, 0.2) is 0 Å². The van der Waals surface area contributed by atoms with Crippen LogP contribution in [0.1, 0.15) is 135 Å². The second-order valence-electron chi connectivity index (χ2n) is 9.79. The maximum absolute atomic E-state index is 11.5. The van der Waals surface area contributed by atoms with Crippen LogP contribution in [-0.4, -0.2) is 41.5 Å². The molecule has 224 valence electrons. The maximum atomic E-state index is 11.5. The number of carboxylic acids is 2. The normalized spacial score (nSPS) is 12.1. The van der Waals surface area contributed by atoms with Crippen molar-refractivity contribution in [2.75, 3.05) is 0 Å². The zero-order valence-electron chi connectivity index (χ0n) is 24.9. The van der Waals surface area contributed by atoms with Gasteiger partial charge < -0.3 is 31.3 Å². The molecular weight excluding hydrogens is 562 g/mol. The van der Waals surface area contributed by atoms with E-state index < -0.39 is 45.0 Å². The predicted molar refractivity (Wildman–Crippen MR) is 141 cm³/mol. The Morgan fingerprint density at radius 3 is 1.23 bits per heavy atom. The Morgan fingerprint density at radius 2 is 1.00 bits per heavy atom. The molecule has 2 amide bonds. The van der Waals surface area contributed by atoms with Crippen molar-refractivity contribution in [2.45, 2.75) is 140 Å². The second kappa shape index (κ2) is 28.9. The van der Waals surface area contributed by atoms with E-state index in [0.29, 0.717) is 6.42 Å². The van der Waals surface area contributed by atoms with Gasteiger partial charge in [0.15, 0.2) is 0 Å². The van der Waals surface area contributed by atoms with Crippen molar-refractivity contribution in [1.82, 2.24) is 0 Å². The van der Waals surface area contributed by atoms with E-state index in [1.54, 1.807) is 0 Å². The topological polar surface area (TPSA) is 221 Å². The fourth-order valence-corrected chi connectivity index (χ4v) is 4.99. The summed E-state index contributed by atoms with van der Waals surface area (Å²) in [6.07, 6.45) is 16.4. The summed E-state index contributed by atoms with van der Waals surface area (Å²) in [4.78, 5) is 41.9. The molecule has 0 heterocycles. The first-order chi connectivity index (χ1) is 17.8. The number of nitrogens with two attached hydrogens (primary N) is 2. The summed E-state index contributed by atoms with van der Waals surface area (Å²) in [7, 11) is -5.00. The largest absolute Gasteiger partial charge is 1.00 e. The van der Waals surface area contributed by atoms with Crippen molar-refractivity contribution in [1.29, 1.82) is 0 Å². The number of hydrogen-bond donors (Lipinski definition) is 3. The van der Waals surface area contributed by atoms with E-state index in [9.17, 15) is 42.4 Å². The van der Waals surface area contributed by atoms with E-state index in [1.165, 1.54) is 70.6 Å². The van der Waals surface area contributed by atoms with Crippen LogP contribution in [0.4, 0.5) is 0 Å². The molecule has 0 fully saturated rings. The molecule has 1 atom stereocenters. The zero-order chi connectivity index (χ0) is 29.5. The zero-order valence-corrected chi connectivity index (χ0v) is 29.7. The Kier molecular flexibility index (Phi) is 33.8. The molecular formula is C26H48N2Na2O9S. The fourth-order valence-electron chi connectivity index (χ4n) is 4.05. The molecule has 40 heavy (non-hydrogen) atoms. The number of aliphatic carboxylic acids is 2. The van der Waals surface area contributed by atoms with Gasteiger partial charge in [-0.25, -0.2) is 0 Å². The van der Waals surface area contributed by atoms with Crippen molar-refractivity contribution >= 4 is 33.9 Å². The smallest absolute Gasteiger partial charge is 0.550 e. The van der Waals surface area contributed by atoms with E-state index in [0.717, 1.165) is 19.3 Å². The van der Waals surface area contributed by atoms with Gasteiger partial charge in [0.05, 0.1) is 12.4 Å². The quantitative estimate of drug-likeness (QED) is 0.0548. The number of rotatable bonds is 24. The molecule has 5 N–H and O–H groups in total. The number of hydrogen-bond acceptors (Lipinski definition) is 8. The molecule has 14 heteroatoms. The average molecular weight is 611 g/mol. The van der Waals surface area contributed by atoms with Gasteiger partial charge in [-0.1, -0.05) is 110 Å². The van der Waals surface area contributed by atoms with Crippen molar-refractivity contribution in [3.63, 3.8) is 0 Å². The standard InChI is InChI=1S/C22H43NO6S.C4H7NO3.2Na/c1-2-3-4-5-6-7-8-9-10-11-12-13-14-15-16-17-18-22(21(25)26,19-20(23)24)30(27,28)29;5-3(6)1-2-4(7)8;;/h2-19H2,1H3,(H2,23,24)(H,25,26)(H,27,28,29);1-2H2,(H2,5,6)(H,7,8);;/q;;2*+1/p-2. The SMILES string of the molecule is CCCCCCCCCCCCCCCCCCC(CC(N)=O)(C(=O)[O-])S(=O)(=O)O.NC(=O)CCC(=O)[O-].[Na+].[Na+]. The van der Waals surface area contributed by atoms with E-state index in [-0.39, 0.29) is 84.8 Å². The summed E-state index contributed by atoms with van der Waals surface area (Å²) >= 11 is 0. The Labute approximate surface area is 284 Å². The van der Waals surface area contributed by atoms with Crippen molar-refractivity contribution in [3.05, 3.63) is 0 Å². The summed E-state index contributed by atoms with van der Waals surface area (Å²) in [5.74, 6) is -4.95. The van der Waals surface area contributed by atoms with Crippen LogP contribution in [0.25, 0.3) is 0 Å². The van der Waals surface area contributed by atoms with Crippen molar-refractivity contribution in [3.8, 4) is 0 Å². The maximum Gasteiger partial charge on any atom is 1.00 e. The van der Waals surface area contributed by atoms with E-state index in [2.05, 4.69) is 12.7 Å². The molecule has 0 spiro atoms. The summed E-state index contributed by atoms with van der Waals surface area (Å²) in [5.41, 5.74) is 9.58. The molecule has 0 radical (unpaired) electrons. The monoisotopic (exact) mass is 610 g/mol. The Balaban J connectivity index is -0.000000561. The third-order valence-corrected chi connectivity index (χ3v) is 7.84. The molecule has 0 aliphatic carbocycles. The molecule has 0 aromatic carbocycles. The van der Waals surface area contributed by atoms with Crippen LogP contribution in [0, 0.1) is 0 Å². The van der Waals surface area contributed by atoms with E-state index in [4.69, 9.17) is 5.73 Å². The first-order valence-corrected chi connectivity index (χ1v) is 15.2. The summed E-state index contributed by atoms with van der Waals surface area (Å²) < 4.78 is 29.8. The van der Waals surface area contributed by atoms with Gasteiger partial charge in [0.25, 0.3) is 10.1 Å². The summed E-state index contributed by atoms with van der Waals surface area (Å²) in [6.45, 7) is 2.23. The Morgan fingerprint density at radius 1 is 0.650 bits per heavy atom. The van der Waals surface area contributed by atoms with Crippen LogP contribution in [-0.2, 0) is 29.3 Å². The van der Waals surface area contributed by atoms with Gasteiger partial charge in [0, 0.05) is 12.4 Å². The molecule has 0 bridgehead atoms. The van der Waals surface area contributed by atoms with Crippen LogP contribution in [0.3, 0.4) is 0 Å². The molecule has 0 aromatic heterocycles. The fraction of sp³-hybridized carbons (Fsp3) is 0.846. The Hall–Kier alpha value is -0.210. The molecule has 0 saturated heterocycles. The van der Waals surface area contributed by atoms with Crippen LogP contribution in [0.2, 0.25) is 0 Å². The summed E-state index contributed by atoms with van der Waals surface area (Å²) in [5, 5.41) is 20.9. The molecule has 0 aliphatic heterocycles. The number of carboxylic acid groups (broad SMARTS) is 2. The number of amides is 2. The number of carbonyl (C=O) groups excluding carboxylic acids is 4. The first-order valence-electron chi connectivity index (χ1n) is 13.7. The van der Waals surface area contributed by atoms with E-state index in [1.807, 2.05) is 0 Å². The molecule has 11 nitrogen and oxygen atoms in total. The van der Waals surface area contributed by atoms with Gasteiger partial charge >= 0.3 is 59.1 Å². The van der Waals surface area contributed by atoms with Crippen LogP contribution >= 0.6 is 0 Å². The Bertz CT molecular complexity index is 785. The van der Waals surface area contributed by atoms with Gasteiger partial charge in [-0.15, -0.1) is 0 Å². The molecule has 1 unspecified atom stereocenters. The van der Waals surface area contributed by atoms with E-state index >= 15 is 0 Å². The minimum Gasteiger partial charge on any atom is -0.550 e. The number of primary amides is 2. The van der Waals surface area contributed by atoms with Gasteiger partial charge in [-0.2, -0.15) is 8.42 Å². The molecule has 0 aliphatic rings. The number of carbonyl (C=O) groups is 4. The van der Waals surface area contributed by atoms with Gasteiger partial charge in [0.1, 0.15) is 4.75 Å². The third kappa shape index (κ3) is 26.7. The molecule has 0 rings (SSSR count). The second-order valence-corrected chi connectivity index (χ2v) is 11.5. The number of unbranched alkanes of at least 4 members (excludes halogenated alkanes) is 15. The van der Waals surface area contributed by atoms with Crippen molar-refractivity contribution < 1.29 is 101 Å². The van der Waals surface area contributed by atoms with Crippen molar-refractivity contribution in [2.24, 2.45) is 11.5 Å². The van der Waals surface area contributed by atoms with Gasteiger partial charge in [-0.05, 0) is 12.8 Å². The minimum atomic E-state index is -5.00. The predicted octanol–water partition coefficient (Wildman–Crippen LogP) is -4.10. The minimum absolute atomic E-state index is 0. The summed E-state index contributed by atoms with van der Waals surface area (Å²) in [6, 6.07) is 0. The van der Waals surface area contributed by atoms with Gasteiger partial charge in [0.2, 0.25) is 11.8 Å². The molecule has 0 aromatic rings. The molecule has 0 saturated carbocycles. The van der Waals surface area contributed by atoms with Crippen LogP contribution < -0.4 is 80.8 Å².